The van der Waals surface area contributed by atoms with E-state index in [4.69, 9.17) is 9.47 Å². The Labute approximate surface area is 109 Å². The minimum absolute atomic E-state index is 0.00770. The van der Waals surface area contributed by atoms with Crippen LogP contribution in [-0.4, -0.2) is 31.8 Å². The molecule has 0 fully saturated rings. The zero-order valence-electron chi connectivity index (χ0n) is 12.3. The summed E-state index contributed by atoms with van der Waals surface area (Å²) in [5, 5.41) is 2.61. The second-order valence-corrected chi connectivity index (χ2v) is 6.24. The molecule has 0 bridgehead atoms. The fraction of sp³-hybridized carbons (Fsp3) is 0.846. The predicted octanol–water partition coefficient (Wildman–Crippen LogP) is 1.71. The van der Waals surface area contributed by atoms with E-state index in [-0.39, 0.29) is 31.8 Å². The second-order valence-electron chi connectivity index (χ2n) is 6.24. The van der Waals surface area contributed by atoms with Gasteiger partial charge in [0.1, 0.15) is 20.1 Å². The number of hydrogen-bond acceptors (Lipinski definition) is 4. The standard InChI is InChI=1S/C13H25NO4/c1-12(2,3)10(15)7-17-9-18-8-14-11(16)13(4,5)6/h7-9H2,1-6H3,(H,14,16). The largest absolute Gasteiger partial charge is 0.348 e. The van der Waals surface area contributed by atoms with E-state index in [0.29, 0.717) is 0 Å². The Morgan fingerprint density at radius 2 is 1.50 bits per heavy atom. The minimum atomic E-state index is -0.438. The van der Waals surface area contributed by atoms with Crippen LogP contribution in [0.1, 0.15) is 41.5 Å². The summed E-state index contributed by atoms with van der Waals surface area (Å²) in [4.78, 5) is 22.9. The smallest absolute Gasteiger partial charge is 0.227 e. The molecule has 0 atom stereocenters. The van der Waals surface area contributed by atoms with Crippen molar-refractivity contribution in [2.45, 2.75) is 41.5 Å². The van der Waals surface area contributed by atoms with Crippen molar-refractivity contribution in [2.75, 3.05) is 20.1 Å². The van der Waals surface area contributed by atoms with Crippen LogP contribution in [-0.2, 0) is 19.1 Å². The van der Waals surface area contributed by atoms with Crippen molar-refractivity contribution < 1.29 is 19.1 Å². The van der Waals surface area contributed by atoms with E-state index >= 15 is 0 Å². The van der Waals surface area contributed by atoms with Crippen LogP contribution in [0.25, 0.3) is 0 Å². The zero-order chi connectivity index (χ0) is 14.4. The molecule has 0 saturated heterocycles. The van der Waals surface area contributed by atoms with E-state index in [2.05, 4.69) is 5.32 Å². The van der Waals surface area contributed by atoms with Crippen LogP contribution in [0, 0.1) is 10.8 Å². The molecular weight excluding hydrogens is 234 g/mol. The summed E-state index contributed by atoms with van der Waals surface area (Å²) in [7, 11) is 0. The van der Waals surface area contributed by atoms with Gasteiger partial charge in [-0.25, -0.2) is 0 Å². The highest BCUT2D eigenvalue weighted by molar-refractivity contribution is 5.84. The Balaban J connectivity index is 3.60. The molecule has 1 amide bonds. The van der Waals surface area contributed by atoms with Crippen molar-refractivity contribution in [2.24, 2.45) is 10.8 Å². The molecule has 18 heavy (non-hydrogen) atoms. The average molecular weight is 259 g/mol. The molecule has 0 aliphatic heterocycles. The molecule has 0 unspecified atom stereocenters. The topological polar surface area (TPSA) is 64.6 Å². The summed E-state index contributed by atoms with van der Waals surface area (Å²) in [6, 6.07) is 0. The lowest BCUT2D eigenvalue weighted by molar-refractivity contribution is -0.140. The van der Waals surface area contributed by atoms with E-state index in [1.54, 1.807) is 0 Å². The fourth-order valence-corrected chi connectivity index (χ4v) is 0.833. The summed E-state index contributed by atoms with van der Waals surface area (Å²) < 4.78 is 10.1. The number of rotatable bonds is 6. The van der Waals surface area contributed by atoms with Gasteiger partial charge in [-0.2, -0.15) is 0 Å². The second kappa shape index (κ2) is 6.85. The maximum absolute atomic E-state index is 11.5. The first-order valence-corrected chi connectivity index (χ1v) is 6.02. The molecule has 0 aliphatic carbocycles. The van der Waals surface area contributed by atoms with Gasteiger partial charge in [-0.3, -0.25) is 9.59 Å². The van der Waals surface area contributed by atoms with Crippen molar-refractivity contribution >= 4 is 11.7 Å². The van der Waals surface area contributed by atoms with Gasteiger partial charge in [-0.15, -0.1) is 0 Å². The van der Waals surface area contributed by atoms with Crippen LogP contribution in [0.4, 0.5) is 0 Å². The lowest BCUT2D eigenvalue weighted by Gasteiger charge is -2.18. The molecule has 0 saturated carbocycles. The van der Waals surface area contributed by atoms with Gasteiger partial charge in [0.25, 0.3) is 0 Å². The first kappa shape index (κ1) is 17.1. The van der Waals surface area contributed by atoms with E-state index in [9.17, 15) is 9.59 Å². The third kappa shape index (κ3) is 7.40. The Morgan fingerprint density at radius 3 is 1.94 bits per heavy atom. The molecule has 0 heterocycles. The van der Waals surface area contributed by atoms with Crippen molar-refractivity contribution in [3.8, 4) is 0 Å². The number of nitrogens with one attached hydrogen (secondary N) is 1. The van der Waals surface area contributed by atoms with E-state index in [1.807, 2.05) is 41.5 Å². The number of carbonyl (C=O) groups is 2. The van der Waals surface area contributed by atoms with Crippen LogP contribution in [0.15, 0.2) is 0 Å². The van der Waals surface area contributed by atoms with Gasteiger partial charge >= 0.3 is 0 Å². The lowest BCUT2D eigenvalue weighted by Crippen LogP contribution is -2.36. The van der Waals surface area contributed by atoms with E-state index in [0.717, 1.165) is 0 Å². The fourth-order valence-electron chi connectivity index (χ4n) is 0.833. The SMILES string of the molecule is CC(C)(C)C(=O)COCOCNC(=O)C(C)(C)C. The first-order valence-electron chi connectivity index (χ1n) is 6.02. The van der Waals surface area contributed by atoms with Crippen LogP contribution in [0.5, 0.6) is 0 Å². The maximum atomic E-state index is 11.5. The normalized spacial score (nSPS) is 12.3. The molecule has 0 radical (unpaired) electrons. The number of ketones is 1. The quantitative estimate of drug-likeness (QED) is 0.582. The van der Waals surface area contributed by atoms with Crippen LogP contribution in [0.2, 0.25) is 0 Å². The van der Waals surface area contributed by atoms with Gasteiger partial charge in [-0.05, 0) is 0 Å². The van der Waals surface area contributed by atoms with Gasteiger partial charge < -0.3 is 14.8 Å². The van der Waals surface area contributed by atoms with Crippen molar-refractivity contribution in [3.63, 3.8) is 0 Å². The third-order valence-corrected chi connectivity index (χ3v) is 2.25. The highest BCUT2D eigenvalue weighted by atomic mass is 16.7. The number of amides is 1. The van der Waals surface area contributed by atoms with E-state index < -0.39 is 10.8 Å². The van der Waals surface area contributed by atoms with Gasteiger partial charge in [0.2, 0.25) is 5.91 Å². The number of hydrogen-bond donors (Lipinski definition) is 1. The average Bonchev–Trinajstić information content (AvgIpc) is 2.19. The number of Topliss-reactive ketones (excluding diaryl/α,β-unsaturated/α-hetero) is 1. The van der Waals surface area contributed by atoms with Crippen molar-refractivity contribution in [1.82, 2.24) is 5.32 Å². The molecule has 0 rings (SSSR count). The summed E-state index contributed by atoms with van der Waals surface area (Å²) in [5.74, 6) is -0.0712. The monoisotopic (exact) mass is 259 g/mol. The van der Waals surface area contributed by atoms with Crippen LogP contribution >= 0.6 is 0 Å². The van der Waals surface area contributed by atoms with Gasteiger partial charge in [-0.1, -0.05) is 41.5 Å². The Morgan fingerprint density at radius 1 is 0.944 bits per heavy atom. The maximum Gasteiger partial charge on any atom is 0.227 e. The molecule has 0 aliphatic rings. The summed E-state index contributed by atoms with van der Waals surface area (Å²) in [6.45, 7) is 11.1. The Bertz CT molecular complexity index is 256. The number of ether oxygens (including phenoxy) is 2. The predicted molar refractivity (Wildman–Crippen MR) is 68.8 cm³/mol. The highest BCUT2D eigenvalue weighted by Crippen LogP contribution is 2.14. The van der Waals surface area contributed by atoms with Crippen LogP contribution < -0.4 is 5.32 Å². The molecule has 0 spiro atoms. The summed E-state index contributed by atoms with van der Waals surface area (Å²) in [6.07, 6.45) is 0. The third-order valence-electron chi connectivity index (χ3n) is 2.25. The molecule has 5 nitrogen and oxygen atoms in total. The molecule has 0 aromatic heterocycles. The van der Waals surface area contributed by atoms with E-state index in [1.165, 1.54) is 0 Å². The van der Waals surface area contributed by atoms with Crippen molar-refractivity contribution in [3.05, 3.63) is 0 Å². The van der Waals surface area contributed by atoms with Crippen LogP contribution in [0.3, 0.4) is 0 Å². The highest BCUT2D eigenvalue weighted by Gasteiger charge is 2.21. The Hall–Kier alpha value is -0.940. The molecular formula is C13H25NO4. The zero-order valence-corrected chi connectivity index (χ0v) is 12.3. The van der Waals surface area contributed by atoms with Crippen molar-refractivity contribution in [1.29, 1.82) is 0 Å². The first-order chi connectivity index (χ1) is 8.05. The minimum Gasteiger partial charge on any atom is -0.348 e. The van der Waals surface area contributed by atoms with Gasteiger partial charge in [0.05, 0.1) is 0 Å². The van der Waals surface area contributed by atoms with Gasteiger partial charge in [0.15, 0.2) is 5.78 Å². The Kier molecular flexibility index (Phi) is 6.49. The summed E-state index contributed by atoms with van der Waals surface area (Å²) in [5.41, 5.74) is -0.840. The lowest BCUT2D eigenvalue weighted by atomic mass is 9.91. The molecule has 5 heteroatoms. The number of carbonyl (C=O) groups excluding carboxylic acids is 2. The molecule has 106 valence electrons. The molecule has 0 aromatic carbocycles. The molecule has 0 aromatic rings. The summed E-state index contributed by atoms with van der Waals surface area (Å²) >= 11 is 0. The molecule has 1 N–H and O–H groups in total. The van der Waals surface area contributed by atoms with Gasteiger partial charge in [0, 0.05) is 10.8 Å².